The van der Waals surface area contributed by atoms with Gasteiger partial charge in [-0.3, -0.25) is 0 Å². The Bertz CT molecular complexity index is 156. The van der Waals surface area contributed by atoms with E-state index in [9.17, 15) is 0 Å². The molecular formula is C9H17NO2. The molecule has 0 aromatic carbocycles. The standard InChI is InChI=1S/C9H17NO2/c1-5-6-7-8(10-2)9(11-3)12-4/h8-10H,7H2,1-4H3. The molecule has 1 atom stereocenters. The van der Waals surface area contributed by atoms with E-state index in [2.05, 4.69) is 17.2 Å². The van der Waals surface area contributed by atoms with Crippen LogP contribution >= 0.6 is 0 Å². The van der Waals surface area contributed by atoms with Crippen LogP contribution in [0.15, 0.2) is 0 Å². The van der Waals surface area contributed by atoms with Gasteiger partial charge in [0.1, 0.15) is 0 Å². The van der Waals surface area contributed by atoms with Crippen molar-refractivity contribution < 1.29 is 9.47 Å². The molecule has 0 aliphatic rings. The van der Waals surface area contributed by atoms with E-state index in [1.165, 1.54) is 0 Å². The molecule has 0 rings (SSSR count). The number of ether oxygens (including phenoxy) is 2. The van der Waals surface area contributed by atoms with Crippen LogP contribution in [0.3, 0.4) is 0 Å². The van der Waals surface area contributed by atoms with Crippen LogP contribution in [0.5, 0.6) is 0 Å². The van der Waals surface area contributed by atoms with Crippen molar-refractivity contribution in [1.82, 2.24) is 5.32 Å². The summed E-state index contributed by atoms with van der Waals surface area (Å²) >= 11 is 0. The molecule has 0 aliphatic heterocycles. The van der Waals surface area contributed by atoms with Crippen molar-refractivity contribution >= 4 is 0 Å². The van der Waals surface area contributed by atoms with Gasteiger partial charge >= 0.3 is 0 Å². The third-order valence-corrected chi connectivity index (χ3v) is 1.66. The molecule has 1 N–H and O–H groups in total. The van der Waals surface area contributed by atoms with E-state index in [0.717, 1.165) is 6.42 Å². The first-order valence-corrected chi connectivity index (χ1v) is 3.92. The van der Waals surface area contributed by atoms with Gasteiger partial charge in [0.05, 0.1) is 6.04 Å². The summed E-state index contributed by atoms with van der Waals surface area (Å²) in [7, 11) is 5.11. The Balaban J connectivity index is 3.98. The minimum atomic E-state index is -0.226. The average Bonchev–Trinajstić information content (AvgIpc) is 2.12. The molecule has 0 bridgehead atoms. The Labute approximate surface area is 74.4 Å². The fraction of sp³-hybridized carbons (Fsp3) is 0.778. The normalized spacial score (nSPS) is 12.4. The topological polar surface area (TPSA) is 30.5 Å². The van der Waals surface area contributed by atoms with Crippen LogP contribution < -0.4 is 5.32 Å². The molecule has 70 valence electrons. The van der Waals surface area contributed by atoms with E-state index in [0.29, 0.717) is 0 Å². The fourth-order valence-corrected chi connectivity index (χ4v) is 0.971. The van der Waals surface area contributed by atoms with E-state index in [4.69, 9.17) is 9.47 Å². The van der Waals surface area contributed by atoms with Crippen molar-refractivity contribution in [3.05, 3.63) is 0 Å². The van der Waals surface area contributed by atoms with Gasteiger partial charge in [0, 0.05) is 20.6 Å². The Kier molecular flexibility index (Phi) is 6.78. The Morgan fingerprint density at radius 2 is 1.92 bits per heavy atom. The fourth-order valence-electron chi connectivity index (χ4n) is 0.971. The van der Waals surface area contributed by atoms with Crippen molar-refractivity contribution in [2.45, 2.75) is 25.7 Å². The second-order valence-electron chi connectivity index (χ2n) is 2.37. The Morgan fingerprint density at radius 3 is 2.25 bits per heavy atom. The minimum Gasteiger partial charge on any atom is -0.354 e. The first-order valence-electron chi connectivity index (χ1n) is 3.92. The lowest BCUT2D eigenvalue weighted by Crippen LogP contribution is -2.39. The molecule has 0 saturated carbocycles. The molecule has 0 aliphatic carbocycles. The van der Waals surface area contributed by atoms with Gasteiger partial charge in [-0.25, -0.2) is 0 Å². The molecule has 3 heteroatoms. The maximum Gasteiger partial charge on any atom is 0.172 e. The molecule has 0 fully saturated rings. The molecule has 0 heterocycles. The van der Waals surface area contributed by atoms with Crippen LogP contribution in [0.25, 0.3) is 0 Å². The van der Waals surface area contributed by atoms with E-state index >= 15 is 0 Å². The molecular weight excluding hydrogens is 154 g/mol. The minimum absolute atomic E-state index is 0.132. The summed E-state index contributed by atoms with van der Waals surface area (Å²) in [6.45, 7) is 1.82. The molecule has 0 amide bonds. The van der Waals surface area contributed by atoms with E-state index in [-0.39, 0.29) is 12.3 Å². The van der Waals surface area contributed by atoms with E-state index in [1.807, 2.05) is 14.0 Å². The highest BCUT2D eigenvalue weighted by molar-refractivity contribution is 4.98. The van der Waals surface area contributed by atoms with Crippen LogP contribution in [-0.2, 0) is 9.47 Å². The van der Waals surface area contributed by atoms with Gasteiger partial charge in [0.15, 0.2) is 6.29 Å². The first-order chi connectivity index (χ1) is 5.79. The number of nitrogens with one attached hydrogen (secondary N) is 1. The summed E-state index contributed by atoms with van der Waals surface area (Å²) in [5.41, 5.74) is 0. The number of likely N-dealkylation sites (N-methyl/N-ethyl adjacent to an activating group) is 1. The second-order valence-corrected chi connectivity index (χ2v) is 2.37. The number of hydrogen-bond donors (Lipinski definition) is 1. The van der Waals surface area contributed by atoms with Crippen LogP contribution in [0.4, 0.5) is 0 Å². The lowest BCUT2D eigenvalue weighted by molar-refractivity contribution is -0.120. The van der Waals surface area contributed by atoms with Crippen LogP contribution in [-0.4, -0.2) is 33.6 Å². The van der Waals surface area contributed by atoms with Crippen molar-refractivity contribution in [2.24, 2.45) is 0 Å². The van der Waals surface area contributed by atoms with Gasteiger partial charge in [0.25, 0.3) is 0 Å². The molecule has 0 aromatic heterocycles. The highest BCUT2D eigenvalue weighted by Crippen LogP contribution is 2.02. The molecule has 0 saturated heterocycles. The van der Waals surface area contributed by atoms with Crippen LogP contribution in [0, 0.1) is 11.8 Å². The van der Waals surface area contributed by atoms with Crippen molar-refractivity contribution in [2.75, 3.05) is 21.3 Å². The summed E-state index contributed by atoms with van der Waals surface area (Å²) in [5, 5.41) is 3.09. The van der Waals surface area contributed by atoms with Gasteiger partial charge in [-0.05, 0) is 14.0 Å². The van der Waals surface area contributed by atoms with Crippen LogP contribution in [0.2, 0.25) is 0 Å². The highest BCUT2D eigenvalue weighted by Gasteiger charge is 2.17. The zero-order valence-corrected chi connectivity index (χ0v) is 8.18. The Hall–Kier alpha value is -0.560. The zero-order chi connectivity index (χ0) is 9.40. The average molecular weight is 171 g/mol. The van der Waals surface area contributed by atoms with E-state index < -0.39 is 0 Å². The number of hydrogen-bond acceptors (Lipinski definition) is 3. The lowest BCUT2D eigenvalue weighted by Gasteiger charge is -2.22. The summed E-state index contributed by atoms with van der Waals surface area (Å²) in [6, 6.07) is 0.132. The van der Waals surface area contributed by atoms with Gasteiger partial charge in [-0.15, -0.1) is 11.8 Å². The monoisotopic (exact) mass is 171 g/mol. The largest absolute Gasteiger partial charge is 0.354 e. The number of methoxy groups -OCH3 is 2. The van der Waals surface area contributed by atoms with Gasteiger partial charge < -0.3 is 14.8 Å². The number of rotatable bonds is 5. The quantitative estimate of drug-likeness (QED) is 0.485. The maximum atomic E-state index is 5.10. The third kappa shape index (κ3) is 3.72. The lowest BCUT2D eigenvalue weighted by atomic mass is 10.2. The molecule has 1 unspecified atom stereocenters. The SMILES string of the molecule is CC#CCC(NC)C(OC)OC. The van der Waals surface area contributed by atoms with Gasteiger partial charge in [0.2, 0.25) is 0 Å². The highest BCUT2D eigenvalue weighted by atomic mass is 16.7. The maximum absolute atomic E-state index is 5.10. The van der Waals surface area contributed by atoms with Crippen molar-refractivity contribution in [3.63, 3.8) is 0 Å². The molecule has 0 spiro atoms. The molecule has 12 heavy (non-hydrogen) atoms. The molecule has 3 nitrogen and oxygen atoms in total. The summed E-state index contributed by atoms with van der Waals surface area (Å²) in [4.78, 5) is 0. The third-order valence-electron chi connectivity index (χ3n) is 1.66. The molecule has 0 aromatic rings. The summed E-state index contributed by atoms with van der Waals surface area (Å²) in [6.07, 6.45) is 0.509. The predicted octanol–water partition coefficient (Wildman–Crippen LogP) is 0.607. The predicted molar refractivity (Wildman–Crippen MR) is 48.7 cm³/mol. The molecule has 0 radical (unpaired) electrons. The summed E-state index contributed by atoms with van der Waals surface area (Å²) < 4.78 is 10.2. The van der Waals surface area contributed by atoms with Crippen LogP contribution in [0.1, 0.15) is 13.3 Å². The summed E-state index contributed by atoms with van der Waals surface area (Å²) in [5.74, 6) is 5.81. The Morgan fingerprint density at radius 1 is 1.33 bits per heavy atom. The van der Waals surface area contributed by atoms with Crippen molar-refractivity contribution in [1.29, 1.82) is 0 Å². The first kappa shape index (κ1) is 11.4. The van der Waals surface area contributed by atoms with Gasteiger partial charge in [-0.2, -0.15) is 0 Å². The smallest absolute Gasteiger partial charge is 0.172 e. The second kappa shape index (κ2) is 7.11. The van der Waals surface area contributed by atoms with E-state index in [1.54, 1.807) is 14.2 Å². The zero-order valence-electron chi connectivity index (χ0n) is 8.18. The van der Waals surface area contributed by atoms with Crippen molar-refractivity contribution in [3.8, 4) is 11.8 Å². The van der Waals surface area contributed by atoms with Gasteiger partial charge in [-0.1, -0.05) is 0 Å².